The van der Waals surface area contributed by atoms with Crippen LogP contribution in [0.15, 0.2) is 42.5 Å². The zero-order valence-corrected chi connectivity index (χ0v) is 11.8. The van der Waals surface area contributed by atoms with E-state index in [0.29, 0.717) is 12.2 Å². The molecule has 0 spiro atoms. The number of amides is 1. The first-order chi connectivity index (χ1) is 10.1. The summed E-state index contributed by atoms with van der Waals surface area (Å²) < 4.78 is 5.58. The molecule has 1 amide bonds. The number of ether oxygens (including phenoxy) is 1. The number of aromatic hydroxyl groups is 1. The van der Waals surface area contributed by atoms with Gasteiger partial charge in [-0.15, -0.1) is 0 Å². The lowest BCUT2D eigenvalue weighted by molar-refractivity contribution is 0.0922. The first-order valence-electron chi connectivity index (χ1n) is 6.97. The number of fused-ring (bicyclic) bond motifs is 1. The van der Waals surface area contributed by atoms with Gasteiger partial charge in [0.15, 0.2) is 0 Å². The molecule has 108 valence electrons. The fourth-order valence-electron chi connectivity index (χ4n) is 2.56. The Hall–Kier alpha value is -2.49. The SMILES string of the molecule is Cc1ccc(O)c(C(=O)N[C@@H]2CCOc3ccccc32)c1. The van der Waals surface area contributed by atoms with Crippen LogP contribution in [0, 0.1) is 6.92 Å². The lowest BCUT2D eigenvalue weighted by Crippen LogP contribution is -2.32. The number of phenolic OH excluding ortho intramolecular Hbond substituents is 1. The highest BCUT2D eigenvalue weighted by atomic mass is 16.5. The molecule has 4 heteroatoms. The maximum atomic E-state index is 12.4. The van der Waals surface area contributed by atoms with E-state index in [2.05, 4.69) is 5.32 Å². The Bertz CT molecular complexity index is 681. The molecular weight excluding hydrogens is 266 g/mol. The van der Waals surface area contributed by atoms with Gasteiger partial charge in [-0.2, -0.15) is 0 Å². The van der Waals surface area contributed by atoms with Gasteiger partial charge >= 0.3 is 0 Å². The van der Waals surface area contributed by atoms with E-state index in [4.69, 9.17) is 4.74 Å². The van der Waals surface area contributed by atoms with Crippen molar-refractivity contribution in [3.63, 3.8) is 0 Å². The van der Waals surface area contributed by atoms with Crippen LogP contribution in [0.3, 0.4) is 0 Å². The number of benzene rings is 2. The first kappa shape index (κ1) is 13.5. The molecule has 4 nitrogen and oxygen atoms in total. The second-order valence-electron chi connectivity index (χ2n) is 5.22. The summed E-state index contributed by atoms with van der Waals surface area (Å²) >= 11 is 0. The molecule has 1 aliphatic heterocycles. The maximum absolute atomic E-state index is 12.4. The third-order valence-electron chi connectivity index (χ3n) is 3.66. The molecule has 0 aliphatic carbocycles. The predicted molar refractivity (Wildman–Crippen MR) is 79.6 cm³/mol. The Morgan fingerprint density at radius 3 is 2.95 bits per heavy atom. The van der Waals surface area contributed by atoms with Crippen LogP contribution >= 0.6 is 0 Å². The highest BCUT2D eigenvalue weighted by molar-refractivity contribution is 5.97. The summed E-state index contributed by atoms with van der Waals surface area (Å²) in [6, 6.07) is 12.6. The largest absolute Gasteiger partial charge is 0.507 e. The van der Waals surface area contributed by atoms with Crippen LogP contribution in [0.25, 0.3) is 0 Å². The van der Waals surface area contributed by atoms with Crippen LogP contribution in [0.1, 0.15) is 33.9 Å². The Labute approximate surface area is 123 Å². The second kappa shape index (κ2) is 5.48. The van der Waals surface area contributed by atoms with E-state index in [9.17, 15) is 9.90 Å². The van der Waals surface area contributed by atoms with Crippen molar-refractivity contribution in [3.8, 4) is 11.5 Å². The number of hydrogen-bond acceptors (Lipinski definition) is 3. The number of carbonyl (C=O) groups is 1. The van der Waals surface area contributed by atoms with Crippen molar-refractivity contribution in [1.82, 2.24) is 5.32 Å². The summed E-state index contributed by atoms with van der Waals surface area (Å²) in [7, 11) is 0. The minimum Gasteiger partial charge on any atom is -0.507 e. The minimum absolute atomic E-state index is 0.00144. The van der Waals surface area contributed by atoms with Gasteiger partial charge < -0.3 is 15.2 Å². The third kappa shape index (κ3) is 2.70. The zero-order chi connectivity index (χ0) is 14.8. The van der Waals surface area contributed by atoms with Crippen LogP contribution in [0.5, 0.6) is 11.5 Å². The van der Waals surface area contributed by atoms with Crippen LogP contribution in [-0.4, -0.2) is 17.6 Å². The topological polar surface area (TPSA) is 58.6 Å². The quantitative estimate of drug-likeness (QED) is 0.891. The molecule has 0 unspecified atom stereocenters. The smallest absolute Gasteiger partial charge is 0.255 e. The van der Waals surface area contributed by atoms with Crippen molar-refractivity contribution in [3.05, 3.63) is 59.2 Å². The van der Waals surface area contributed by atoms with E-state index < -0.39 is 0 Å². The molecule has 2 N–H and O–H groups in total. The lowest BCUT2D eigenvalue weighted by Gasteiger charge is -2.26. The van der Waals surface area contributed by atoms with Gasteiger partial charge in [0, 0.05) is 12.0 Å². The van der Waals surface area contributed by atoms with Crippen LogP contribution in [0.2, 0.25) is 0 Å². The van der Waals surface area contributed by atoms with Gasteiger partial charge in [0.2, 0.25) is 0 Å². The van der Waals surface area contributed by atoms with Gasteiger partial charge in [-0.1, -0.05) is 29.8 Å². The number of rotatable bonds is 2. The van der Waals surface area contributed by atoms with E-state index >= 15 is 0 Å². The number of para-hydroxylation sites is 1. The number of phenols is 1. The highest BCUT2D eigenvalue weighted by Crippen LogP contribution is 2.32. The molecule has 2 aromatic rings. The normalized spacial score (nSPS) is 16.7. The fourth-order valence-corrected chi connectivity index (χ4v) is 2.56. The molecule has 3 rings (SSSR count). The Morgan fingerprint density at radius 2 is 2.10 bits per heavy atom. The molecule has 1 heterocycles. The molecule has 2 aromatic carbocycles. The van der Waals surface area contributed by atoms with Crippen molar-refractivity contribution in [2.75, 3.05) is 6.61 Å². The molecule has 0 saturated carbocycles. The first-order valence-corrected chi connectivity index (χ1v) is 6.97. The van der Waals surface area contributed by atoms with Gasteiger partial charge in [0.05, 0.1) is 18.2 Å². The molecule has 0 radical (unpaired) electrons. The van der Waals surface area contributed by atoms with Crippen molar-refractivity contribution in [2.24, 2.45) is 0 Å². The fraction of sp³-hybridized carbons (Fsp3) is 0.235. The molecular formula is C17H17NO3. The van der Waals surface area contributed by atoms with Crippen molar-refractivity contribution in [2.45, 2.75) is 19.4 Å². The van der Waals surface area contributed by atoms with E-state index in [1.807, 2.05) is 31.2 Å². The number of aryl methyl sites for hydroxylation is 1. The van der Waals surface area contributed by atoms with Crippen LogP contribution in [0.4, 0.5) is 0 Å². The van der Waals surface area contributed by atoms with Crippen LogP contribution in [-0.2, 0) is 0 Å². The molecule has 21 heavy (non-hydrogen) atoms. The van der Waals surface area contributed by atoms with Crippen molar-refractivity contribution >= 4 is 5.91 Å². The summed E-state index contributed by atoms with van der Waals surface area (Å²) in [5.41, 5.74) is 2.22. The summed E-state index contributed by atoms with van der Waals surface area (Å²) in [5, 5.41) is 12.8. The maximum Gasteiger partial charge on any atom is 0.255 e. The predicted octanol–water partition coefficient (Wildman–Crippen LogP) is 2.95. The average Bonchev–Trinajstić information content (AvgIpc) is 2.50. The Kier molecular flexibility index (Phi) is 3.52. The molecule has 1 atom stereocenters. The monoisotopic (exact) mass is 283 g/mol. The summed E-state index contributed by atoms with van der Waals surface area (Å²) in [5.74, 6) is 0.541. The van der Waals surface area contributed by atoms with E-state index in [1.54, 1.807) is 18.2 Å². The minimum atomic E-state index is -0.266. The molecule has 0 bridgehead atoms. The van der Waals surface area contributed by atoms with E-state index in [1.165, 1.54) is 0 Å². The molecule has 0 fully saturated rings. The zero-order valence-electron chi connectivity index (χ0n) is 11.8. The van der Waals surface area contributed by atoms with Crippen molar-refractivity contribution in [1.29, 1.82) is 0 Å². The van der Waals surface area contributed by atoms with Gasteiger partial charge in [-0.05, 0) is 25.1 Å². The van der Waals surface area contributed by atoms with Gasteiger partial charge in [-0.25, -0.2) is 0 Å². The van der Waals surface area contributed by atoms with Gasteiger partial charge in [0.25, 0.3) is 5.91 Å². The van der Waals surface area contributed by atoms with E-state index in [-0.39, 0.29) is 17.7 Å². The number of nitrogens with one attached hydrogen (secondary N) is 1. The van der Waals surface area contributed by atoms with Crippen LogP contribution < -0.4 is 10.1 Å². The average molecular weight is 283 g/mol. The highest BCUT2D eigenvalue weighted by Gasteiger charge is 2.23. The van der Waals surface area contributed by atoms with Crippen molar-refractivity contribution < 1.29 is 14.6 Å². The lowest BCUT2D eigenvalue weighted by atomic mass is 10.00. The molecule has 1 aliphatic rings. The number of hydrogen-bond donors (Lipinski definition) is 2. The van der Waals surface area contributed by atoms with E-state index in [0.717, 1.165) is 23.3 Å². The number of carbonyl (C=O) groups excluding carboxylic acids is 1. The molecule has 0 aromatic heterocycles. The summed E-state index contributed by atoms with van der Waals surface area (Å²) in [6.45, 7) is 2.46. The second-order valence-corrected chi connectivity index (χ2v) is 5.22. The Morgan fingerprint density at radius 1 is 1.29 bits per heavy atom. The van der Waals surface area contributed by atoms with Gasteiger partial charge in [-0.3, -0.25) is 4.79 Å². The Balaban J connectivity index is 1.84. The summed E-state index contributed by atoms with van der Waals surface area (Å²) in [6.07, 6.45) is 0.718. The van der Waals surface area contributed by atoms with Gasteiger partial charge in [0.1, 0.15) is 11.5 Å². The summed E-state index contributed by atoms with van der Waals surface area (Å²) in [4.78, 5) is 12.4. The third-order valence-corrected chi connectivity index (χ3v) is 3.66. The standard InChI is InChI=1S/C17H17NO3/c1-11-6-7-15(19)13(10-11)17(20)18-14-8-9-21-16-5-3-2-4-12(14)16/h2-7,10,14,19H,8-9H2,1H3,(H,18,20)/t14-/m1/s1. The molecule has 0 saturated heterocycles.